The van der Waals surface area contributed by atoms with Gasteiger partial charge in [0.05, 0.1) is 19.8 Å². The lowest BCUT2D eigenvalue weighted by molar-refractivity contribution is -0.144. The number of esters is 1. The molecule has 1 aliphatic heterocycles. The van der Waals surface area contributed by atoms with E-state index in [1.165, 1.54) is 0 Å². The summed E-state index contributed by atoms with van der Waals surface area (Å²) in [5.41, 5.74) is 1.52. The monoisotopic (exact) mass is 426 g/mol. The summed E-state index contributed by atoms with van der Waals surface area (Å²) in [6.07, 6.45) is 8.05. The van der Waals surface area contributed by atoms with Crippen LogP contribution in [0.4, 0.5) is 5.69 Å². The molecule has 31 heavy (non-hydrogen) atoms. The summed E-state index contributed by atoms with van der Waals surface area (Å²) >= 11 is 0. The Balaban J connectivity index is 2.49. The molecule has 0 fully saturated rings. The van der Waals surface area contributed by atoms with Crippen LogP contribution < -0.4 is 14.4 Å². The maximum Gasteiger partial charge on any atom is 0.350 e. The normalized spacial score (nSPS) is 15.2. The summed E-state index contributed by atoms with van der Waals surface area (Å²) in [5.74, 6) is 0.750. The van der Waals surface area contributed by atoms with Crippen LogP contribution in [0, 0.1) is 11.3 Å². The topological polar surface area (TPSA) is 71.8 Å². The summed E-state index contributed by atoms with van der Waals surface area (Å²) in [5, 5.41) is 9.38. The Labute approximate surface area is 186 Å². The minimum absolute atomic E-state index is 0.0288. The van der Waals surface area contributed by atoms with Gasteiger partial charge in [0.2, 0.25) is 0 Å². The zero-order chi connectivity index (χ0) is 23.0. The molecule has 0 bridgehead atoms. The molecule has 1 aromatic carbocycles. The molecule has 0 aromatic heterocycles. The Hall–Kier alpha value is -2.94. The summed E-state index contributed by atoms with van der Waals surface area (Å²) in [7, 11) is 3.26. The number of rotatable bonds is 11. The van der Waals surface area contributed by atoms with Crippen LogP contribution in [0.3, 0.4) is 0 Å². The van der Waals surface area contributed by atoms with Crippen LogP contribution in [0.2, 0.25) is 0 Å². The summed E-state index contributed by atoms with van der Waals surface area (Å²) in [4.78, 5) is 14.4. The maximum absolute atomic E-state index is 12.0. The Bertz CT molecular complexity index is 860. The average Bonchev–Trinajstić information content (AvgIpc) is 2.98. The van der Waals surface area contributed by atoms with Crippen molar-refractivity contribution in [3.8, 4) is 17.6 Å². The average molecular weight is 427 g/mol. The molecule has 0 amide bonds. The Morgan fingerprint density at radius 1 is 1.06 bits per heavy atom. The molecule has 0 saturated heterocycles. The van der Waals surface area contributed by atoms with Crippen molar-refractivity contribution >= 4 is 17.7 Å². The minimum Gasteiger partial charge on any atom is -0.496 e. The SMILES string of the molecule is CCCCN(CCCC)c1cc(OC)c(/C=C/C2=C(C#N)C(=O)OC2(C)C)c(OC)c1. The number of anilines is 1. The van der Waals surface area contributed by atoms with Crippen molar-refractivity contribution in [3.05, 3.63) is 34.9 Å². The smallest absolute Gasteiger partial charge is 0.350 e. The first-order valence-corrected chi connectivity index (χ1v) is 10.9. The van der Waals surface area contributed by atoms with Crippen LogP contribution in [-0.2, 0) is 9.53 Å². The van der Waals surface area contributed by atoms with E-state index in [-0.39, 0.29) is 5.57 Å². The molecule has 0 radical (unpaired) electrons. The van der Waals surface area contributed by atoms with E-state index >= 15 is 0 Å². The molecule has 0 atom stereocenters. The second kappa shape index (κ2) is 10.9. The number of cyclic esters (lactones) is 1. The number of benzene rings is 1. The van der Waals surface area contributed by atoms with Crippen molar-refractivity contribution in [3.63, 3.8) is 0 Å². The first kappa shape index (κ1) is 24.3. The molecule has 0 N–H and O–H groups in total. The second-order valence-electron chi connectivity index (χ2n) is 8.09. The number of hydrogen-bond acceptors (Lipinski definition) is 6. The van der Waals surface area contributed by atoms with Crippen LogP contribution in [-0.4, -0.2) is 38.9 Å². The first-order chi connectivity index (χ1) is 14.8. The van der Waals surface area contributed by atoms with Crippen LogP contribution in [0.25, 0.3) is 6.08 Å². The molecule has 0 spiro atoms. The molecule has 0 unspecified atom stereocenters. The third-order valence-corrected chi connectivity index (χ3v) is 5.46. The standard InChI is InChI=1S/C25H34N2O4/c1-7-9-13-27(14-10-8-2)18-15-22(29-5)19(23(16-18)30-6)11-12-21-20(17-26)24(28)31-25(21,3)4/h11-12,15-16H,7-10,13-14H2,1-6H3/b12-11+. The summed E-state index contributed by atoms with van der Waals surface area (Å²) < 4.78 is 16.7. The third-order valence-electron chi connectivity index (χ3n) is 5.46. The van der Waals surface area contributed by atoms with E-state index in [4.69, 9.17) is 14.2 Å². The summed E-state index contributed by atoms with van der Waals surface area (Å²) in [6, 6.07) is 6.01. The van der Waals surface area contributed by atoms with E-state index in [1.807, 2.05) is 24.3 Å². The molecule has 168 valence electrons. The van der Waals surface area contributed by atoms with Crippen LogP contribution in [0.15, 0.2) is 29.4 Å². The van der Waals surface area contributed by atoms with Gasteiger partial charge in [-0.15, -0.1) is 0 Å². The van der Waals surface area contributed by atoms with Crippen LogP contribution in [0.5, 0.6) is 11.5 Å². The fourth-order valence-electron chi connectivity index (χ4n) is 3.65. The van der Waals surface area contributed by atoms with E-state index in [2.05, 4.69) is 18.7 Å². The molecule has 1 aromatic rings. The van der Waals surface area contributed by atoms with Gasteiger partial charge in [0.15, 0.2) is 0 Å². The predicted molar refractivity (Wildman–Crippen MR) is 123 cm³/mol. The van der Waals surface area contributed by atoms with Gasteiger partial charge in [-0.2, -0.15) is 5.26 Å². The van der Waals surface area contributed by atoms with E-state index in [9.17, 15) is 10.1 Å². The van der Waals surface area contributed by atoms with Gasteiger partial charge in [-0.05, 0) is 32.8 Å². The lowest BCUT2D eigenvalue weighted by Crippen LogP contribution is -2.25. The van der Waals surface area contributed by atoms with Crippen molar-refractivity contribution in [1.82, 2.24) is 0 Å². The molecule has 1 aliphatic rings. The lowest BCUT2D eigenvalue weighted by atomic mass is 9.94. The fourth-order valence-corrected chi connectivity index (χ4v) is 3.65. The van der Waals surface area contributed by atoms with Gasteiger partial charge in [-0.3, -0.25) is 0 Å². The van der Waals surface area contributed by atoms with Gasteiger partial charge in [0.25, 0.3) is 0 Å². The quantitative estimate of drug-likeness (QED) is 0.448. The summed E-state index contributed by atoms with van der Waals surface area (Å²) in [6.45, 7) is 9.87. The maximum atomic E-state index is 12.0. The highest BCUT2D eigenvalue weighted by Crippen LogP contribution is 2.38. The Kier molecular flexibility index (Phi) is 8.56. The Morgan fingerprint density at radius 3 is 2.06 bits per heavy atom. The van der Waals surface area contributed by atoms with Crippen molar-refractivity contribution < 1.29 is 19.0 Å². The number of ether oxygens (including phenoxy) is 3. The fraction of sp³-hybridized carbons (Fsp3) is 0.520. The number of unbranched alkanes of at least 4 members (excludes halogenated alkanes) is 2. The Morgan fingerprint density at radius 2 is 1.61 bits per heavy atom. The van der Waals surface area contributed by atoms with Gasteiger partial charge < -0.3 is 19.1 Å². The van der Waals surface area contributed by atoms with Gasteiger partial charge in [0, 0.05) is 36.5 Å². The van der Waals surface area contributed by atoms with Crippen molar-refractivity contribution in [2.24, 2.45) is 0 Å². The molecule has 0 aliphatic carbocycles. The molecule has 6 heteroatoms. The molecule has 2 rings (SSSR count). The number of methoxy groups -OCH3 is 2. The highest BCUT2D eigenvalue weighted by molar-refractivity contribution is 5.98. The largest absolute Gasteiger partial charge is 0.496 e. The van der Waals surface area contributed by atoms with Crippen molar-refractivity contribution in [1.29, 1.82) is 5.26 Å². The van der Waals surface area contributed by atoms with Gasteiger partial charge in [-0.1, -0.05) is 32.8 Å². The molecule has 6 nitrogen and oxygen atoms in total. The first-order valence-electron chi connectivity index (χ1n) is 10.9. The highest BCUT2D eigenvalue weighted by Gasteiger charge is 2.39. The molecular formula is C25H34N2O4. The molecule has 1 heterocycles. The minimum atomic E-state index is -0.865. The molecular weight excluding hydrogens is 392 g/mol. The lowest BCUT2D eigenvalue weighted by Gasteiger charge is -2.26. The number of carbonyl (C=O) groups is 1. The van der Waals surface area contributed by atoms with Crippen LogP contribution >= 0.6 is 0 Å². The van der Waals surface area contributed by atoms with E-state index < -0.39 is 11.6 Å². The highest BCUT2D eigenvalue weighted by atomic mass is 16.6. The third kappa shape index (κ3) is 5.61. The van der Waals surface area contributed by atoms with E-state index in [0.29, 0.717) is 17.1 Å². The van der Waals surface area contributed by atoms with E-state index in [1.54, 1.807) is 34.1 Å². The van der Waals surface area contributed by atoms with Crippen LogP contribution in [0.1, 0.15) is 58.9 Å². The zero-order valence-electron chi connectivity index (χ0n) is 19.6. The van der Waals surface area contributed by atoms with Crippen molar-refractivity contribution in [2.75, 3.05) is 32.2 Å². The van der Waals surface area contributed by atoms with Gasteiger partial charge in [0.1, 0.15) is 28.7 Å². The van der Waals surface area contributed by atoms with E-state index in [0.717, 1.165) is 50.0 Å². The number of carbonyl (C=O) groups excluding carboxylic acids is 1. The van der Waals surface area contributed by atoms with Gasteiger partial charge >= 0.3 is 5.97 Å². The number of nitriles is 1. The molecule has 0 saturated carbocycles. The van der Waals surface area contributed by atoms with Gasteiger partial charge in [-0.25, -0.2) is 4.79 Å². The van der Waals surface area contributed by atoms with Crippen molar-refractivity contribution in [2.45, 2.75) is 59.0 Å². The number of nitrogens with zero attached hydrogens (tertiary/aromatic N) is 2. The zero-order valence-corrected chi connectivity index (χ0v) is 19.6. The second-order valence-corrected chi connectivity index (χ2v) is 8.09. The predicted octanol–water partition coefficient (Wildman–Crippen LogP) is 5.28. The number of hydrogen-bond donors (Lipinski definition) is 0.